The molecule has 0 amide bonds. The Bertz CT molecular complexity index is 124. The van der Waals surface area contributed by atoms with E-state index in [1.807, 2.05) is 0 Å². The minimum absolute atomic E-state index is 0.402. The molecule has 4 heteroatoms. The zero-order valence-corrected chi connectivity index (χ0v) is 9.97. The maximum Gasteiger partial charge on any atom is 0.427 e. The van der Waals surface area contributed by atoms with Crippen molar-refractivity contribution in [1.29, 1.82) is 0 Å². The minimum atomic E-state index is -2.13. The molecule has 74 valence electrons. The van der Waals surface area contributed by atoms with Crippen LogP contribution < -0.4 is 4.98 Å². The van der Waals surface area contributed by atoms with Gasteiger partial charge in [0.25, 0.3) is 0 Å². The second kappa shape index (κ2) is 4.96. The van der Waals surface area contributed by atoms with Gasteiger partial charge in [0.1, 0.15) is 0 Å². The van der Waals surface area contributed by atoms with E-state index in [4.69, 9.17) is 8.85 Å². The third-order valence-corrected chi connectivity index (χ3v) is 5.57. The second-order valence-corrected chi connectivity index (χ2v) is 7.12. The minimum Gasteiger partial charge on any atom is -0.386 e. The average Bonchev–Trinajstić information content (AvgIpc) is 1.99. The first-order chi connectivity index (χ1) is 5.48. The highest BCUT2D eigenvalue weighted by atomic mass is 28.4. The Morgan fingerprint density at radius 3 is 1.50 bits per heavy atom. The van der Waals surface area contributed by atoms with Crippen LogP contribution >= 0.6 is 0 Å². The van der Waals surface area contributed by atoms with Crippen LogP contribution in [0.15, 0.2) is 0 Å². The molecule has 0 rings (SSSR count). The Morgan fingerprint density at radius 1 is 1.00 bits per heavy atom. The van der Waals surface area contributed by atoms with E-state index in [1.54, 1.807) is 14.2 Å². The van der Waals surface area contributed by atoms with Gasteiger partial charge in [0, 0.05) is 19.8 Å². The maximum atomic E-state index is 5.46. The maximum absolute atomic E-state index is 5.46. The van der Waals surface area contributed by atoms with Gasteiger partial charge in [-0.25, -0.2) is 0 Å². The first-order valence-corrected chi connectivity index (χ1v) is 6.26. The highest BCUT2D eigenvalue weighted by molar-refractivity contribution is 6.66. The van der Waals surface area contributed by atoms with Gasteiger partial charge < -0.3 is 8.85 Å². The van der Waals surface area contributed by atoms with Crippen molar-refractivity contribution in [3.05, 3.63) is 0 Å². The molecule has 0 fully saturated rings. The van der Waals surface area contributed by atoms with Crippen molar-refractivity contribution in [3.63, 3.8) is 0 Å². The van der Waals surface area contributed by atoms with Crippen LogP contribution in [0.4, 0.5) is 0 Å². The molecular weight excluding hydrogens is 170 g/mol. The van der Waals surface area contributed by atoms with E-state index >= 15 is 0 Å². The largest absolute Gasteiger partial charge is 0.427 e. The van der Waals surface area contributed by atoms with E-state index in [1.165, 1.54) is 0 Å². The molecule has 12 heavy (non-hydrogen) atoms. The van der Waals surface area contributed by atoms with Crippen molar-refractivity contribution in [2.75, 3.05) is 14.2 Å². The fraction of sp³-hybridized carbons (Fsp3) is 1.00. The Morgan fingerprint density at radius 2 is 1.42 bits per heavy atom. The predicted molar refractivity (Wildman–Crippen MR) is 53.1 cm³/mol. The van der Waals surface area contributed by atoms with E-state index in [0.717, 1.165) is 0 Å². The summed E-state index contributed by atoms with van der Waals surface area (Å²) in [7, 11) is 1.29. The Labute approximate surface area is 76.8 Å². The summed E-state index contributed by atoms with van der Waals surface area (Å²) in [6, 6.07) is 0.402. The molecule has 0 aliphatic rings. The molecule has 0 aliphatic carbocycles. The number of hydrogen-bond acceptors (Lipinski definition) is 3. The van der Waals surface area contributed by atoms with Crippen molar-refractivity contribution in [2.45, 2.75) is 39.3 Å². The fourth-order valence-electron chi connectivity index (χ4n) is 1.24. The predicted octanol–water partition coefficient (Wildman–Crippen LogP) is 1.63. The van der Waals surface area contributed by atoms with Gasteiger partial charge in [-0.05, 0) is 6.04 Å². The summed E-state index contributed by atoms with van der Waals surface area (Å²) in [5.41, 5.74) is 0.412. The average molecular weight is 191 g/mol. The summed E-state index contributed by atoms with van der Waals surface area (Å²) < 4.78 is 10.9. The molecule has 0 saturated carbocycles. The van der Waals surface area contributed by atoms with Crippen molar-refractivity contribution in [3.8, 4) is 0 Å². The molecule has 0 bridgehead atoms. The summed E-state index contributed by atoms with van der Waals surface area (Å²) >= 11 is 0. The normalized spacial score (nSPS) is 13.0. The monoisotopic (exact) mass is 191 g/mol. The van der Waals surface area contributed by atoms with Crippen LogP contribution in [0.5, 0.6) is 0 Å². The lowest BCUT2D eigenvalue weighted by Crippen LogP contribution is -2.59. The van der Waals surface area contributed by atoms with Crippen molar-refractivity contribution >= 4 is 8.72 Å². The van der Waals surface area contributed by atoms with E-state index in [-0.39, 0.29) is 0 Å². The lowest BCUT2D eigenvalue weighted by atomic mass is 10.4. The summed E-state index contributed by atoms with van der Waals surface area (Å²) in [5, 5.41) is 0. The SMILES string of the molecule is CO[Si](NC(C)C)(OC)C(C)C. The van der Waals surface area contributed by atoms with E-state index in [2.05, 4.69) is 32.7 Å². The third kappa shape index (κ3) is 2.86. The number of nitrogens with one attached hydrogen (secondary N) is 1. The molecule has 0 heterocycles. The third-order valence-electron chi connectivity index (χ3n) is 1.86. The molecule has 0 atom stereocenters. The van der Waals surface area contributed by atoms with Gasteiger partial charge in [0.05, 0.1) is 0 Å². The molecule has 1 N–H and O–H groups in total. The van der Waals surface area contributed by atoms with Crippen molar-refractivity contribution in [1.82, 2.24) is 4.98 Å². The zero-order valence-electron chi connectivity index (χ0n) is 8.97. The molecule has 0 saturated heterocycles. The van der Waals surface area contributed by atoms with Gasteiger partial charge in [0.2, 0.25) is 0 Å². The van der Waals surface area contributed by atoms with Crippen LogP contribution in [0, 0.1) is 0 Å². The molecule has 0 aromatic carbocycles. The van der Waals surface area contributed by atoms with Gasteiger partial charge in [0.15, 0.2) is 0 Å². The van der Waals surface area contributed by atoms with Crippen LogP contribution in [-0.4, -0.2) is 29.0 Å². The van der Waals surface area contributed by atoms with Gasteiger partial charge in [-0.3, -0.25) is 4.98 Å². The second-order valence-electron chi connectivity index (χ2n) is 3.53. The molecule has 0 radical (unpaired) electrons. The van der Waals surface area contributed by atoms with E-state index in [9.17, 15) is 0 Å². The molecule has 3 nitrogen and oxygen atoms in total. The van der Waals surface area contributed by atoms with Gasteiger partial charge in [-0.2, -0.15) is 0 Å². The Hall–Kier alpha value is 0.0969. The van der Waals surface area contributed by atoms with E-state index < -0.39 is 8.72 Å². The molecular formula is C8H21NO2Si. The zero-order chi connectivity index (χ0) is 9.78. The Kier molecular flexibility index (Phi) is 5.00. The molecule has 0 spiro atoms. The van der Waals surface area contributed by atoms with Gasteiger partial charge in [-0.15, -0.1) is 0 Å². The molecule has 0 aromatic rings. The first-order valence-electron chi connectivity index (χ1n) is 4.36. The van der Waals surface area contributed by atoms with Crippen LogP contribution in [0.25, 0.3) is 0 Å². The fourth-order valence-corrected chi connectivity index (χ4v) is 3.72. The first kappa shape index (κ1) is 12.1. The van der Waals surface area contributed by atoms with E-state index in [0.29, 0.717) is 11.6 Å². The topological polar surface area (TPSA) is 30.5 Å². The summed E-state index contributed by atoms with van der Waals surface area (Å²) in [6.45, 7) is 8.44. The molecule has 0 unspecified atom stereocenters. The van der Waals surface area contributed by atoms with Gasteiger partial charge in [-0.1, -0.05) is 27.7 Å². The summed E-state index contributed by atoms with van der Waals surface area (Å²) in [6.07, 6.45) is 0. The smallest absolute Gasteiger partial charge is 0.386 e. The summed E-state index contributed by atoms with van der Waals surface area (Å²) in [4.78, 5) is 3.39. The van der Waals surface area contributed by atoms with Crippen LogP contribution in [0.1, 0.15) is 27.7 Å². The van der Waals surface area contributed by atoms with Gasteiger partial charge >= 0.3 is 8.72 Å². The Balaban J connectivity index is 4.35. The lowest BCUT2D eigenvalue weighted by molar-refractivity contribution is 0.214. The standard InChI is InChI=1S/C8H21NO2Si/c1-7(2)9-12(10-5,11-6)8(3)4/h7-9H,1-6H3. The highest BCUT2D eigenvalue weighted by Crippen LogP contribution is 2.19. The number of rotatable bonds is 5. The van der Waals surface area contributed by atoms with Crippen LogP contribution in [0.2, 0.25) is 5.54 Å². The van der Waals surface area contributed by atoms with Crippen molar-refractivity contribution in [2.24, 2.45) is 0 Å². The quantitative estimate of drug-likeness (QED) is 0.670. The van der Waals surface area contributed by atoms with Crippen molar-refractivity contribution < 1.29 is 8.85 Å². The number of hydrogen-bond donors (Lipinski definition) is 1. The molecule has 0 aliphatic heterocycles. The van der Waals surface area contributed by atoms with Crippen LogP contribution in [-0.2, 0) is 8.85 Å². The molecule has 0 aromatic heterocycles. The highest BCUT2D eigenvalue weighted by Gasteiger charge is 2.40. The summed E-state index contributed by atoms with van der Waals surface area (Å²) in [5.74, 6) is 0. The van der Waals surface area contributed by atoms with Crippen LogP contribution in [0.3, 0.4) is 0 Å². The lowest BCUT2D eigenvalue weighted by Gasteiger charge is -2.32.